The van der Waals surface area contributed by atoms with E-state index in [4.69, 9.17) is 5.26 Å². The van der Waals surface area contributed by atoms with Gasteiger partial charge in [0, 0.05) is 44.4 Å². The predicted octanol–water partition coefficient (Wildman–Crippen LogP) is 4.00. The van der Waals surface area contributed by atoms with Crippen molar-refractivity contribution in [3.63, 3.8) is 0 Å². The van der Waals surface area contributed by atoms with Gasteiger partial charge in [-0.05, 0) is 54.2 Å². The van der Waals surface area contributed by atoms with Crippen molar-refractivity contribution in [1.82, 2.24) is 4.90 Å². The van der Waals surface area contributed by atoms with Gasteiger partial charge < -0.3 is 14.9 Å². The van der Waals surface area contributed by atoms with Gasteiger partial charge in [-0.2, -0.15) is 18.4 Å². The first-order valence-corrected chi connectivity index (χ1v) is 11.1. The Hall–Kier alpha value is -3.12. The van der Waals surface area contributed by atoms with E-state index in [0.717, 1.165) is 6.07 Å². The highest BCUT2D eigenvalue weighted by Crippen LogP contribution is 2.46. The molecule has 1 atom stereocenters. The first-order chi connectivity index (χ1) is 16.1. The number of hydrogen-bond donors (Lipinski definition) is 1. The van der Waals surface area contributed by atoms with E-state index < -0.39 is 23.1 Å². The zero-order valence-corrected chi connectivity index (χ0v) is 18.5. The summed E-state index contributed by atoms with van der Waals surface area (Å²) in [5.74, 6) is -0.664. The number of aliphatic hydroxyl groups is 1. The molecule has 5 nitrogen and oxygen atoms in total. The molecule has 1 amide bonds. The number of piperidine rings is 1. The lowest BCUT2D eigenvalue weighted by molar-refractivity contribution is -0.137. The number of amides is 1. The molecule has 1 unspecified atom stereocenters. The molecule has 9 heteroatoms. The van der Waals surface area contributed by atoms with Crippen molar-refractivity contribution in [2.75, 3.05) is 37.7 Å². The smallest absolute Gasteiger partial charge is 0.396 e. The van der Waals surface area contributed by atoms with E-state index in [9.17, 15) is 27.5 Å². The fraction of sp³-hybridized carbons (Fsp3) is 0.440. The zero-order chi connectivity index (χ0) is 24.5. The topological polar surface area (TPSA) is 67.6 Å². The minimum atomic E-state index is -4.62. The number of likely N-dealkylation sites (tertiary alicyclic amines) is 1. The number of aliphatic hydroxyl groups excluding tert-OH is 1. The molecule has 34 heavy (non-hydrogen) atoms. The van der Waals surface area contributed by atoms with Crippen LogP contribution < -0.4 is 4.90 Å². The number of benzene rings is 2. The molecular formula is C25H25F4N3O2. The molecule has 0 bridgehead atoms. The summed E-state index contributed by atoms with van der Waals surface area (Å²) in [4.78, 5) is 16.4. The van der Waals surface area contributed by atoms with Crippen LogP contribution in [-0.2, 0) is 17.4 Å². The van der Waals surface area contributed by atoms with Crippen LogP contribution in [0.5, 0.6) is 0 Å². The van der Waals surface area contributed by atoms with E-state index in [2.05, 4.69) is 0 Å². The molecule has 0 saturated carbocycles. The highest BCUT2D eigenvalue weighted by atomic mass is 19.4. The van der Waals surface area contributed by atoms with Crippen LogP contribution >= 0.6 is 0 Å². The Bertz CT molecular complexity index is 1100. The number of hydrogen-bond acceptors (Lipinski definition) is 4. The van der Waals surface area contributed by atoms with Crippen LogP contribution in [0.2, 0.25) is 0 Å². The van der Waals surface area contributed by atoms with Gasteiger partial charge in [0.25, 0.3) is 0 Å². The van der Waals surface area contributed by atoms with E-state index in [1.54, 1.807) is 23.1 Å². The molecule has 1 spiro atoms. The van der Waals surface area contributed by atoms with Gasteiger partial charge in [0.2, 0.25) is 5.91 Å². The summed E-state index contributed by atoms with van der Waals surface area (Å²) in [7, 11) is 0. The molecule has 2 aliphatic rings. The predicted molar refractivity (Wildman–Crippen MR) is 117 cm³/mol. The summed E-state index contributed by atoms with van der Waals surface area (Å²) >= 11 is 0. The minimum Gasteiger partial charge on any atom is -0.396 e. The molecule has 2 aromatic carbocycles. The SMILES string of the molecule is N#Cc1ccc(N2CCC3(CC2)CN(C(=O)Cc2cccc(F)c2)CC3CO)cc1C(F)(F)F. The van der Waals surface area contributed by atoms with E-state index >= 15 is 0 Å². The second kappa shape index (κ2) is 9.26. The first kappa shape index (κ1) is 24.0. The second-order valence-corrected chi connectivity index (χ2v) is 9.15. The molecule has 4 rings (SSSR count). The van der Waals surface area contributed by atoms with Gasteiger partial charge in [-0.25, -0.2) is 4.39 Å². The summed E-state index contributed by atoms with van der Waals surface area (Å²) in [6, 6.07) is 11.2. The van der Waals surface area contributed by atoms with Crippen molar-refractivity contribution in [1.29, 1.82) is 5.26 Å². The van der Waals surface area contributed by atoms with Crippen molar-refractivity contribution in [3.8, 4) is 6.07 Å². The molecule has 2 aromatic rings. The molecule has 180 valence electrons. The normalized spacial score (nSPS) is 19.9. The van der Waals surface area contributed by atoms with Crippen LogP contribution in [0.25, 0.3) is 0 Å². The molecule has 2 aliphatic heterocycles. The first-order valence-electron chi connectivity index (χ1n) is 11.1. The lowest BCUT2D eigenvalue weighted by Crippen LogP contribution is -2.45. The summed E-state index contributed by atoms with van der Waals surface area (Å²) in [6.07, 6.45) is -3.32. The van der Waals surface area contributed by atoms with E-state index in [0.29, 0.717) is 50.3 Å². The van der Waals surface area contributed by atoms with Crippen molar-refractivity contribution in [3.05, 3.63) is 65.0 Å². The number of nitrogens with zero attached hydrogens (tertiary/aromatic N) is 3. The average Bonchev–Trinajstić information content (AvgIpc) is 3.16. The van der Waals surface area contributed by atoms with Gasteiger partial charge in [0.05, 0.1) is 23.6 Å². The number of carbonyl (C=O) groups is 1. The van der Waals surface area contributed by atoms with Crippen LogP contribution in [-0.4, -0.2) is 48.7 Å². The lowest BCUT2D eigenvalue weighted by Gasteiger charge is -2.43. The number of carbonyl (C=O) groups excluding carboxylic acids is 1. The largest absolute Gasteiger partial charge is 0.417 e. The van der Waals surface area contributed by atoms with Gasteiger partial charge in [-0.3, -0.25) is 4.79 Å². The molecule has 0 aromatic heterocycles. The Morgan fingerprint density at radius 1 is 1.18 bits per heavy atom. The Kier molecular flexibility index (Phi) is 6.54. The van der Waals surface area contributed by atoms with Gasteiger partial charge in [-0.15, -0.1) is 0 Å². The third-order valence-electron chi connectivity index (χ3n) is 7.18. The number of anilines is 1. The van der Waals surface area contributed by atoms with Crippen molar-refractivity contribution >= 4 is 11.6 Å². The van der Waals surface area contributed by atoms with Gasteiger partial charge in [0.15, 0.2) is 0 Å². The fourth-order valence-electron chi connectivity index (χ4n) is 5.25. The van der Waals surface area contributed by atoms with Gasteiger partial charge >= 0.3 is 6.18 Å². The van der Waals surface area contributed by atoms with E-state index in [-0.39, 0.29) is 30.3 Å². The molecule has 2 fully saturated rings. The molecule has 0 aliphatic carbocycles. The van der Waals surface area contributed by atoms with E-state index in [1.165, 1.54) is 24.3 Å². The summed E-state index contributed by atoms with van der Waals surface area (Å²) in [5.41, 5.74) is -0.687. The maximum atomic E-state index is 13.5. The average molecular weight is 475 g/mol. The van der Waals surface area contributed by atoms with Crippen LogP contribution in [0.1, 0.15) is 29.5 Å². The van der Waals surface area contributed by atoms with Gasteiger partial charge in [-0.1, -0.05) is 12.1 Å². The summed E-state index contributed by atoms with van der Waals surface area (Å²) in [5, 5.41) is 19.0. The Morgan fingerprint density at radius 2 is 1.91 bits per heavy atom. The number of alkyl halides is 3. The molecule has 0 radical (unpaired) electrons. The fourth-order valence-corrected chi connectivity index (χ4v) is 5.25. The van der Waals surface area contributed by atoms with Gasteiger partial charge in [0.1, 0.15) is 5.82 Å². The second-order valence-electron chi connectivity index (χ2n) is 9.15. The van der Waals surface area contributed by atoms with Crippen LogP contribution in [0.4, 0.5) is 23.2 Å². The van der Waals surface area contributed by atoms with Crippen LogP contribution in [0.15, 0.2) is 42.5 Å². The Morgan fingerprint density at radius 3 is 2.53 bits per heavy atom. The van der Waals surface area contributed by atoms with E-state index in [1.807, 2.05) is 4.90 Å². The maximum Gasteiger partial charge on any atom is 0.417 e. The maximum absolute atomic E-state index is 13.5. The number of halogens is 4. The molecule has 2 saturated heterocycles. The minimum absolute atomic E-state index is 0.0730. The third kappa shape index (κ3) is 4.73. The number of nitriles is 1. The van der Waals surface area contributed by atoms with Crippen molar-refractivity contribution in [2.45, 2.75) is 25.4 Å². The lowest BCUT2D eigenvalue weighted by atomic mass is 9.71. The highest BCUT2D eigenvalue weighted by Gasteiger charge is 2.49. The molecular weight excluding hydrogens is 450 g/mol. The van der Waals surface area contributed by atoms with Crippen molar-refractivity contribution < 1.29 is 27.5 Å². The molecule has 1 N–H and O–H groups in total. The Balaban J connectivity index is 1.45. The van der Waals surface area contributed by atoms with Crippen LogP contribution in [0.3, 0.4) is 0 Å². The quantitative estimate of drug-likeness (QED) is 0.679. The van der Waals surface area contributed by atoms with Crippen molar-refractivity contribution in [2.24, 2.45) is 11.3 Å². The standard InChI is InChI=1S/C25H25F4N3O2/c26-20-3-1-2-17(10-20)11-23(34)32-14-19(15-33)24(16-32)6-8-31(9-7-24)21-5-4-18(13-30)22(12-21)25(27,28)29/h1-5,10,12,19,33H,6-9,11,14-16H2. The Labute approximate surface area is 195 Å². The summed E-state index contributed by atoms with van der Waals surface area (Å²) < 4.78 is 53.6. The number of rotatable bonds is 4. The monoisotopic (exact) mass is 475 g/mol. The zero-order valence-electron chi connectivity index (χ0n) is 18.5. The third-order valence-corrected chi connectivity index (χ3v) is 7.18. The molecule has 2 heterocycles. The highest BCUT2D eigenvalue weighted by molar-refractivity contribution is 5.79. The summed E-state index contributed by atoms with van der Waals surface area (Å²) in [6.45, 7) is 1.73. The van der Waals surface area contributed by atoms with Crippen LogP contribution in [0, 0.1) is 28.5 Å².